The highest BCUT2D eigenvalue weighted by Gasteiger charge is 2.34. The van der Waals surface area contributed by atoms with Gasteiger partial charge in [-0.3, -0.25) is 19.3 Å². The number of rotatable bonds is 5. The first-order chi connectivity index (χ1) is 10.7. The molecule has 3 rings (SSSR count). The number of aromatic nitrogens is 2. The van der Waals surface area contributed by atoms with Crippen LogP contribution in [-0.4, -0.2) is 38.5 Å². The molecular formula is C14H12N4O3S. The van der Waals surface area contributed by atoms with Gasteiger partial charge in [0.2, 0.25) is 11.0 Å². The van der Waals surface area contributed by atoms with E-state index < -0.39 is 0 Å². The first-order valence-corrected chi connectivity index (χ1v) is 7.46. The second kappa shape index (κ2) is 6.02. The van der Waals surface area contributed by atoms with Crippen molar-refractivity contribution in [2.24, 2.45) is 0 Å². The van der Waals surface area contributed by atoms with Crippen LogP contribution in [0.3, 0.4) is 0 Å². The van der Waals surface area contributed by atoms with Gasteiger partial charge in [-0.1, -0.05) is 12.1 Å². The molecular weight excluding hydrogens is 304 g/mol. The summed E-state index contributed by atoms with van der Waals surface area (Å²) in [5, 5.41) is 3.04. The van der Waals surface area contributed by atoms with E-state index in [1.54, 1.807) is 24.3 Å². The molecule has 1 aliphatic rings. The lowest BCUT2D eigenvalue weighted by Crippen LogP contribution is -2.31. The standard InChI is InChI=1S/C14H12N4O3S/c19-11(17-14-15-8-16-22-14)6-3-7-18-12(20)9-4-1-2-5-10(9)13(18)21/h1-2,4-5,8H,3,6-7H2,(H,15,16,17,19). The van der Waals surface area contributed by atoms with Crippen LogP contribution in [0.1, 0.15) is 33.6 Å². The van der Waals surface area contributed by atoms with Gasteiger partial charge < -0.3 is 5.32 Å². The third-order valence-corrected chi connectivity index (χ3v) is 3.85. The van der Waals surface area contributed by atoms with Gasteiger partial charge in [0.05, 0.1) is 11.1 Å². The van der Waals surface area contributed by atoms with Crippen LogP contribution in [0.5, 0.6) is 0 Å². The molecule has 2 aromatic rings. The summed E-state index contributed by atoms with van der Waals surface area (Å²) in [6, 6.07) is 6.72. The number of carbonyl (C=O) groups is 3. The van der Waals surface area contributed by atoms with Crippen LogP contribution < -0.4 is 5.32 Å². The third kappa shape index (κ3) is 2.73. The van der Waals surface area contributed by atoms with E-state index in [4.69, 9.17) is 0 Å². The van der Waals surface area contributed by atoms with E-state index in [0.29, 0.717) is 22.7 Å². The lowest BCUT2D eigenvalue weighted by Gasteiger charge is -2.13. The number of amides is 3. The molecule has 3 amide bonds. The van der Waals surface area contributed by atoms with E-state index in [1.165, 1.54) is 11.2 Å². The average Bonchev–Trinajstić information content (AvgIpc) is 3.10. The number of imide groups is 1. The first kappa shape index (κ1) is 14.3. The maximum atomic E-state index is 12.1. The number of anilines is 1. The molecule has 0 fully saturated rings. The predicted octanol–water partition coefficient (Wildman–Crippen LogP) is 1.55. The summed E-state index contributed by atoms with van der Waals surface area (Å²) >= 11 is 1.09. The normalized spacial score (nSPS) is 13.4. The van der Waals surface area contributed by atoms with E-state index in [9.17, 15) is 14.4 Å². The maximum absolute atomic E-state index is 12.1. The molecule has 0 unspecified atom stereocenters. The van der Waals surface area contributed by atoms with Crippen LogP contribution in [0.4, 0.5) is 5.13 Å². The molecule has 1 aromatic heterocycles. The molecule has 1 N–H and O–H groups in total. The topological polar surface area (TPSA) is 92.3 Å². The molecule has 0 aliphatic carbocycles. The number of fused-ring (bicyclic) bond motifs is 1. The van der Waals surface area contributed by atoms with Crippen molar-refractivity contribution < 1.29 is 14.4 Å². The van der Waals surface area contributed by atoms with Gasteiger partial charge in [-0.15, -0.1) is 0 Å². The van der Waals surface area contributed by atoms with Crippen molar-refractivity contribution >= 4 is 34.4 Å². The molecule has 1 aliphatic heterocycles. The summed E-state index contributed by atoms with van der Waals surface area (Å²) < 4.78 is 3.78. The van der Waals surface area contributed by atoms with Crippen molar-refractivity contribution in [1.29, 1.82) is 0 Å². The summed E-state index contributed by atoms with van der Waals surface area (Å²) in [6.07, 6.45) is 1.96. The van der Waals surface area contributed by atoms with E-state index in [0.717, 1.165) is 11.5 Å². The lowest BCUT2D eigenvalue weighted by atomic mass is 10.1. The van der Waals surface area contributed by atoms with Crippen LogP contribution >= 0.6 is 11.5 Å². The Kier molecular flexibility index (Phi) is 3.92. The predicted molar refractivity (Wildman–Crippen MR) is 79.6 cm³/mol. The van der Waals surface area contributed by atoms with Crippen LogP contribution in [0.25, 0.3) is 0 Å². The molecule has 0 saturated heterocycles. The van der Waals surface area contributed by atoms with Gasteiger partial charge in [0.15, 0.2) is 0 Å². The van der Waals surface area contributed by atoms with E-state index in [1.807, 2.05) is 0 Å². The van der Waals surface area contributed by atoms with Gasteiger partial charge in [0, 0.05) is 24.5 Å². The summed E-state index contributed by atoms with van der Waals surface area (Å²) in [5.41, 5.74) is 0.844. The Hall–Kier alpha value is -2.61. The minimum Gasteiger partial charge on any atom is -0.301 e. The molecule has 0 radical (unpaired) electrons. The Morgan fingerprint density at radius 1 is 1.18 bits per heavy atom. The molecule has 112 valence electrons. The highest BCUT2D eigenvalue weighted by molar-refractivity contribution is 7.09. The van der Waals surface area contributed by atoms with Gasteiger partial charge in [-0.25, -0.2) is 4.98 Å². The second-order valence-electron chi connectivity index (χ2n) is 4.71. The zero-order chi connectivity index (χ0) is 15.5. The van der Waals surface area contributed by atoms with Gasteiger partial charge in [-0.05, 0) is 18.6 Å². The Bertz CT molecular complexity index is 694. The molecule has 8 heteroatoms. The van der Waals surface area contributed by atoms with Gasteiger partial charge in [0.25, 0.3) is 11.8 Å². The first-order valence-electron chi connectivity index (χ1n) is 6.68. The van der Waals surface area contributed by atoms with Crippen LogP contribution in [-0.2, 0) is 4.79 Å². The molecule has 0 saturated carbocycles. The molecule has 7 nitrogen and oxygen atoms in total. The number of nitrogens with one attached hydrogen (secondary N) is 1. The molecule has 1 aromatic carbocycles. The van der Waals surface area contributed by atoms with E-state index in [2.05, 4.69) is 14.7 Å². The van der Waals surface area contributed by atoms with Crippen molar-refractivity contribution in [1.82, 2.24) is 14.3 Å². The van der Waals surface area contributed by atoms with Crippen molar-refractivity contribution in [2.75, 3.05) is 11.9 Å². The van der Waals surface area contributed by atoms with Gasteiger partial charge >= 0.3 is 0 Å². The Morgan fingerprint density at radius 3 is 2.45 bits per heavy atom. The summed E-state index contributed by atoms with van der Waals surface area (Å²) in [7, 11) is 0. The summed E-state index contributed by atoms with van der Waals surface area (Å²) in [6.45, 7) is 0.218. The fraction of sp³-hybridized carbons (Fsp3) is 0.214. The molecule has 22 heavy (non-hydrogen) atoms. The molecule has 0 spiro atoms. The largest absolute Gasteiger partial charge is 0.301 e. The zero-order valence-corrected chi connectivity index (χ0v) is 12.3. The number of nitrogens with zero attached hydrogens (tertiary/aromatic N) is 3. The Morgan fingerprint density at radius 2 is 1.86 bits per heavy atom. The monoisotopic (exact) mass is 316 g/mol. The van der Waals surface area contributed by atoms with Crippen LogP contribution in [0, 0.1) is 0 Å². The Balaban J connectivity index is 1.54. The van der Waals surface area contributed by atoms with Gasteiger partial charge in [0.1, 0.15) is 6.33 Å². The Labute approximate surface area is 130 Å². The SMILES string of the molecule is O=C(CCCN1C(=O)c2ccccc2C1=O)Nc1ncns1. The summed E-state index contributed by atoms with van der Waals surface area (Å²) in [4.78, 5) is 41.0. The molecule has 2 heterocycles. The minimum atomic E-state index is -0.301. The fourth-order valence-electron chi connectivity index (χ4n) is 2.25. The number of hydrogen-bond acceptors (Lipinski definition) is 6. The van der Waals surface area contributed by atoms with Gasteiger partial charge in [-0.2, -0.15) is 4.37 Å². The fourth-order valence-corrected chi connectivity index (χ4v) is 2.70. The number of benzene rings is 1. The van der Waals surface area contributed by atoms with Crippen molar-refractivity contribution in [3.8, 4) is 0 Å². The van der Waals surface area contributed by atoms with Crippen molar-refractivity contribution in [3.63, 3.8) is 0 Å². The molecule has 0 atom stereocenters. The number of carbonyl (C=O) groups excluding carboxylic acids is 3. The van der Waals surface area contributed by atoms with Crippen molar-refractivity contribution in [3.05, 3.63) is 41.7 Å². The average molecular weight is 316 g/mol. The maximum Gasteiger partial charge on any atom is 0.261 e. The molecule has 0 bridgehead atoms. The smallest absolute Gasteiger partial charge is 0.261 e. The lowest BCUT2D eigenvalue weighted by molar-refractivity contribution is -0.116. The quantitative estimate of drug-likeness (QED) is 0.845. The van der Waals surface area contributed by atoms with Crippen LogP contribution in [0.15, 0.2) is 30.6 Å². The van der Waals surface area contributed by atoms with Crippen molar-refractivity contribution in [2.45, 2.75) is 12.8 Å². The highest BCUT2D eigenvalue weighted by atomic mass is 32.1. The summed E-state index contributed by atoms with van der Waals surface area (Å²) in [5.74, 6) is -0.816. The zero-order valence-electron chi connectivity index (χ0n) is 11.5. The highest BCUT2D eigenvalue weighted by Crippen LogP contribution is 2.22. The van der Waals surface area contributed by atoms with Crippen LogP contribution in [0.2, 0.25) is 0 Å². The minimum absolute atomic E-state index is 0.201. The van der Waals surface area contributed by atoms with E-state index in [-0.39, 0.29) is 30.7 Å². The number of hydrogen-bond donors (Lipinski definition) is 1. The second-order valence-corrected chi connectivity index (χ2v) is 5.49. The third-order valence-electron chi connectivity index (χ3n) is 3.27. The van der Waals surface area contributed by atoms with E-state index >= 15 is 0 Å².